The van der Waals surface area contributed by atoms with Crippen LogP contribution < -0.4 is 10.6 Å². The Morgan fingerprint density at radius 1 is 1.09 bits per heavy atom. The van der Waals surface area contributed by atoms with Crippen LogP contribution in [0.1, 0.15) is 105 Å². The average Bonchev–Trinajstić information content (AvgIpc) is 2.81. The molecule has 3 rings (SSSR count). The van der Waals surface area contributed by atoms with E-state index in [-0.39, 0.29) is 35.2 Å². The third-order valence-electron chi connectivity index (χ3n) is 8.47. The van der Waals surface area contributed by atoms with Crippen molar-refractivity contribution in [2.75, 3.05) is 0 Å². The summed E-state index contributed by atoms with van der Waals surface area (Å²) in [5, 5.41) is 8.91. The lowest BCUT2D eigenvalue weighted by Crippen LogP contribution is -2.70. The van der Waals surface area contributed by atoms with E-state index in [2.05, 4.69) is 81.5 Å². The molecule has 2 N–H and O–H groups in total. The Kier molecular flexibility index (Phi) is 8.26. The number of urea groups is 1. The average molecular weight is 444 g/mol. The Hall–Kier alpha value is -1.59. The fourth-order valence-corrected chi connectivity index (χ4v) is 5.73. The highest BCUT2D eigenvalue weighted by atomic mass is 16.7. The minimum Gasteiger partial charge on any atom is -0.335 e. The van der Waals surface area contributed by atoms with E-state index in [1.165, 1.54) is 24.8 Å². The van der Waals surface area contributed by atoms with Crippen LogP contribution in [0.25, 0.3) is 0 Å². The monoisotopic (exact) mass is 443 g/mol. The van der Waals surface area contributed by atoms with Gasteiger partial charge in [0, 0.05) is 23.2 Å². The molecule has 1 saturated heterocycles. The Labute approximate surface area is 195 Å². The molecule has 5 unspecified atom stereocenters. The molecule has 5 heteroatoms. The summed E-state index contributed by atoms with van der Waals surface area (Å²) in [5.41, 5.74) is 0.835. The summed E-state index contributed by atoms with van der Waals surface area (Å²) < 4.78 is 0. The zero-order chi connectivity index (χ0) is 23.4. The maximum absolute atomic E-state index is 12.9. The van der Waals surface area contributed by atoms with Gasteiger partial charge in [0.2, 0.25) is 0 Å². The number of carbonyl (C=O) groups excluding carboxylic acids is 1. The fraction of sp³-hybridized carbons (Fsp3) is 0.741. The number of benzene rings is 1. The molecular weight excluding hydrogens is 398 g/mol. The van der Waals surface area contributed by atoms with Gasteiger partial charge in [-0.05, 0) is 64.4 Å². The molecule has 1 aromatic carbocycles. The number of hydrogen-bond acceptors (Lipinski definition) is 3. The second-order valence-electron chi connectivity index (χ2n) is 10.6. The molecule has 2 amide bonds. The number of carbonyl (C=O) groups is 1. The first kappa shape index (κ1) is 25.0. The second kappa shape index (κ2) is 10.6. The number of nitrogens with zero attached hydrogens (tertiary/aromatic N) is 1. The predicted molar refractivity (Wildman–Crippen MR) is 131 cm³/mol. The van der Waals surface area contributed by atoms with Gasteiger partial charge in [0.15, 0.2) is 0 Å². The summed E-state index contributed by atoms with van der Waals surface area (Å²) in [5.74, 6) is 0.257. The van der Waals surface area contributed by atoms with Crippen LogP contribution in [0.5, 0.6) is 0 Å². The molecular formula is C27H45N3O2. The molecule has 2 fully saturated rings. The largest absolute Gasteiger partial charge is 0.335 e. The van der Waals surface area contributed by atoms with E-state index in [4.69, 9.17) is 4.84 Å². The highest BCUT2D eigenvalue weighted by Gasteiger charge is 2.54. The van der Waals surface area contributed by atoms with Crippen LogP contribution in [-0.4, -0.2) is 34.3 Å². The lowest BCUT2D eigenvalue weighted by Gasteiger charge is -2.60. The molecule has 5 atom stereocenters. The molecule has 0 bridgehead atoms. The van der Waals surface area contributed by atoms with Crippen molar-refractivity contribution < 1.29 is 9.63 Å². The molecule has 1 aliphatic heterocycles. The van der Waals surface area contributed by atoms with E-state index in [1.807, 2.05) is 6.07 Å². The van der Waals surface area contributed by atoms with Gasteiger partial charge < -0.3 is 10.6 Å². The molecule has 1 heterocycles. The van der Waals surface area contributed by atoms with Crippen LogP contribution in [-0.2, 0) is 4.84 Å². The highest BCUT2D eigenvalue weighted by molar-refractivity contribution is 5.74. The van der Waals surface area contributed by atoms with Crippen molar-refractivity contribution >= 4 is 6.03 Å². The third-order valence-corrected chi connectivity index (χ3v) is 8.47. The maximum Gasteiger partial charge on any atom is 0.315 e. The van der Waals surface area contributed by atoms with E-state index in [0.29, 0.717) is 6.04 Å². The van der Waals surface area contributed by atoms with Crippen molar-refractivity contribution in [3.8, 4) is 0 Å². The van der Waals surface area contributed by atoms with Gasteiger partial charge in [-0.2, -0.15) is 5.06 Å². The molecule has 1 aliphatic carbocycles. The number of nitrogens with one attached hydrogen (secondary N) is 2. The van der Waals surface area contributed by atoms with Crippen molar-refractivity contribution in [2.24, 2.45) is 5.92 Å². The smallest absolute Gasteiger partial charge is 0.315 e. The molecule has 0 spiro atoms. The van der Waals surface area contributed by atoms with Gasteiger partial charge >= 0.3 is 6.03 Å². The molecule has 1 saturated carbocycles. The molecule has 32 heavy (non-hydrogen) atoms. The van der Waals surface area contributed by atoms with E-state index in [0.717, 1.165) is 32.1 Å². The first-order valence-corrected chi connectivity index (χ1v) is 12.8. The van der Waals surface area contributed by atoms with Crippen LogP contribution in [0.3, 0.4) is 0 Å². The zero-order valence-electron chi connectivity index (χ0n) is 21.1. The normalized spacial score (nSPS) is 32.9. The lowest BCUT2D eigenvalue weighted by atomic mass is 9.68. The Balaban J connectivity index is 1.76. The van der Waals surface area contributed by atoms with E-state index in [1.54, 1.807) is 0 Å². The number of hydrogen-bond donors (Lipinski definition) is 2. The number of piperidine rings is 1. The van der Waals surface area contributed by atoms with Gasteiger partial charge in [0.1, 0.15) is 6.10 Å². The fourth-order valence-electron chi connectivity index (χ4n) is 5.73. The summed E-state index contributed by atoms with van der Waals surface area (Å²) in [7, 11) is 0. The van der Waals surface area contributed by atoms with Crippen molar-refractivity contribution in [2.45, 2.75) is 122 Å². The van der Waals surface area contributed by atoms with Crippen LogP contribution in [0.2, 0.25) is 0 Å². The third kappa shape index (κ3) is 5.31. The van der Waals surface area contributed by atoms with Crippen LogP contribution in [0.15, 0.2) is 30.3 Å². The van der Waals surface area contributed by atoms with Gasteiger partial charge in [-0.3, -0.25) is 4.84 Å². The first-order chi connectivity index (χ1) is 15.2. The van der Waals surface area contributed by atoms with Crippen molar-refractivity contribution in [1.29, 1.82) is 0 Å². The molecule has 2 aliphatic rings. The van der Waals surface area contributed by atoms with Gasteiger partial charge in [0.05, 0.1) is 0 Å². The van der Waals surface area contributed by atoms with Gasteiger partial charge in [-0.1, -0.05) is 70.4 Å². The maximum atomic E-state index is 12.9. The molecule has 0 aromatic heterocycles. The standard InChI is InChI=1S/C27H45N3O2/c1-7-26(5)19-24(29-25(31)28-23-17-13-10-14-18-23)20(3)27(6,8-2)30(26)32-21(4)22-15-11-9-12-16-22/h9,11-12,15-16,20-21,23-24H,7-8,10,13-14,17-19H2,1-6H3,(H2,28,29,31). The number of hydroxylamine groups is 2. The van der Waals surface area contributed by atoms with Crippen molar-refractivity contribution in [3.63, 3.8) is 0 Å². The minimum absolute atomic E-state index is 0.00215. The number of amides is 2. The van der Waals surface area contributed by atoms with E-state index in [9.17, 15) is 4.79 Å². The minimum atomic E-state index is -0.186. The Morgan fingerprint density at radius 3 is 2.34 bits per heavy atom. The summed E-state index contributed by atoms with van der Waals surface area (Å²) in [6.07, 6.45) is 8.70. The second-order valence-corrected chi connectivity index (χ2v) is 10.6. The predicted octanol–water partition coefficient (Wildman–Crippen LogP) is 6.36. The molecule has 1 aromatic rings. The molecule has 0 radical (unpaired) electrons. The summed E-state index contributed by atoms with van der Waals surface area (Å²) >= 11 is 0. The van der Waals surface area contributed by atoms with Crippen LogP contribution >= 0.6 is 0 Å². The summed E-state index contributed by atoms with van der Waals surface area (Å²) in [4.78, 5) is 19.6. The van der Waals surface area contributed by atoms with Crippen LogP contribution in [0, 0.1) is 5.92 Å². The van der Waals surface area contributed by atoms with Gasteiger partial charge in [0.25, 0.3) is 0 Å². The SMILES string of the molecule is CCC1(C)CC(NC(=O)NC2CCCCC2)C(C)C(C)(CC)N1OC(C)c1ccccc1. The highest BCUT2D eigenvalue weighted by Crippen LogP contribution is 2.47. The molecule has 180 valence electrons. The lowest BCUT2D eigenvalue weighted by molar-refractivity contribution is -0.327. The first-order valence-electron chi connectivity index (χ1n) is 12.8. The van der Waals surface area contributed by atoms with Gasteiger partial charge in [-0.15, -0.1) is 0 Å². The zero-order valence-corrected chi connectivity index (χ0v) is 21.1. The molecule has 5 nitrogen and oxygen atoms in total. The van der Waals surface area contributed by atoms with Crippen molar-refractivity contribution in [3.05, 3.63) is 35.9 Å². The van der Waals surface area contributed by atoms with Gasteiger partial charge in [-0.25, -0.2) is 4.79 Å². The van der Waals surface area contributed by atoms with E-state index >= 15 is 0 Å². The summed E-state index contributed by atoms with van der Waals surface area (Å²) in [6.45, 7) is 13.5. The summed E-state index contributed by atoms with van der Waals surface area (Å²) in [6, 6.07) is 10.9. The van der Waals surface area contributed by atoms with E-state index < -0.39 is 0 Å². The van der Waals surface area contributed by atoms with Crippen molar-refractivity contribution in [1.82, 2.24) is 15.7 Å². The Bertz CT molecular complexity index is 736. The van der Waals surface area contributed by atoms with Crippen LogP contribution in [0.4, 0.5) is 4.79 Å². The topological polar surface area (TPSA) is 53.6 Å². The number of rotatable bonds is 7. The quantitative estimate of drug-likeness (QED) is 0.515. The Morgan fingerprint density at radius 2 is 1.75 bits per heavy atom.